The lowest BCUT2D eigenvalue weighted by Crippen LogP contribution is -2.55. The molecule has 0 bridgehead atoms. The van der Waals surface area contributed by atoms with Crippen LogP contribution in [0.2, 0.25) is 0 Å². The van der Waals surface area contributed by atoms with Gasteiger partial charge in [0.1, 0.15) is 29.8 Å². The lowest BCUT2D eigenvalue weighted by Gasteiger charge is -2.30. The summed E-state index contributed by atoms with van der Waals surface area (Å²) in [7, 11) is 0. The fraction of sp³-hybridized carbons (Fsp3) is 0.594. The van der Waals surface area contributed by atoms with E-state index in [0.717, 1.165) is 30.4 Å². The Balaban J connectivity index is 1.55. The molecule has 0 spiro atoms. The summed E-state index contributed by atoms with van der Waals surface area (Å²) in [5, 5.41) is 15.1. The molecule has 4 amide bonds. The molecule has 1 aromatic rings. The number of benzene rings is 1. The standard InChI is InChI=1S/C32H44N4O8/c1-32(2,3)44-30(41)34-24-15-9-7-5-4-6-8-10-16-25(29(39)40)33-27(37)26-17-23(20-36(26)28(24)38)43-31(42)35-18-21-13-11-12-14-22(21)19-35/h6,8,11-14,23-26H,4-5,7,9-10,15-20H2,1-3H3,(H,33,37)(H,34,41)(H,39,40)/t23-,24+,25-,26+/m1/s1. The van der Waals surface area contributed by atoms with Crippen molar-refractivity contribution in [1.82, 2.24) is 20.4 Å². The first-order valence-corrected chi connectivity index (χ1v) is 15.4. The molecule has 240 valence electrons. The number of nitrogens with one attached hydrogen (secondary N) is 2. The van der Waals surface area contributed by atoms with E-state index in [0.29, 0.717) is 32.4 Å². The van der Waals surface area contributed by atoms with Gasteiger partial charge in [-0.3, -0.25) is 14.5 Å². The molecule has 3 aliphatic rings. The van der Waals surface area contributed by atoms with Crippen LogP contribution in [0.5, 0.6) is 0 Å². The lowest BCUT2D eigenvalue weighted by atomic mass is 10.0. The number of fused-ring (bicyclic) bond motifs is 2. The van der Waals surface area contributed by atoms with Crippen LogP contribution in [-0.4, -0.2) is 81.3 Å². The minimum Gasteiger partial charge on any atom is -0.480 e. The molecule has 1 fully saturated rings. The lowest BCUT2D eigenvalue weighted by molar-refractivity contribution is -0.144. The van der Waals surface area contributed by atoms with Crippen LogP contribution < -0.4 is 10.6 Å². The summed E-state index contributed by atoms with van der Waals surface area (Å²) in [6, 6.07) is 4.48. The Bertz CT molecular complexity index is 1230. The van der Waals surface area contributed by atoms with Gasteiger partial charge in [-0.15, -0.1) is 0 Å². The molecule has 0 unspecified atom stereocenters. The molecule has 12 heteroatoms. The first-order valence-electron chi connectivity index (χ1n) is 15.4. The minimum absolute atomic E-state index is 0.00446. The van der Waals surface area contributed by atoms with Gasteiger partial charge >= 0.3 is 18.2 Å². The number of hydrogen-bond acceptors (Lipinski definition) is 7. The third-order valence-electron chi connectivity index (χ3n) is 7.97. The smallest absolute Gasteiger partial charge is 0.410 e. The van der Waals surface area contributed by atoms with E-state index >= 15 is 0 Å². The summed E-state index contributed by atoms with van der Waals surface area (Å²) in [5.74, 6) is -2.34. The number of ether oxygens (including phenoxy) is 2. The van der Waals surface area contributed by atoms with Gasteiger partial charge in [-0.25, -0.2) is 14.4 Å². The molecule has 44 heavy (non-hydrogen) atoms. The summed E-state index contributed by atoms with van der Waals surface area (Å²) < 4.78 is 11.2. The average Bonchev–Trinajstić information content (AvgIpc) is 3.57. The Morgan fingerprint density at radius 1 is 0.977 bits per heavy atom. The third-order valence-corrected chi connectivity index (χ3v) is 7.97. The molecule has 3 N–H and O–H groups in total. The second-order valence-electron chi connectivity index (χ2n) is 12.7. The van der Waals surface area contributed by atoms with Crippen LogP contribution in [0.4, 0.5) is 9.59 Å². The van der Waals surface area contributed by atoms with Gasteiger partial charge in [0.15, 0.2) is 0 Å². The van der Waals surface area contributed by atoms with Gasteiger partial charge in [0, 0.05) is 19.5 Å². The van der Waals surface area contributed by atoms with E-state index in [1.54, 1.807) is 25.7 Å². The maximum atomic E-state index is 14.0. The second-order valence-corrected chi connectivity index (χ2v) is 12.7. The molecule has 1 saturated heterocycles. The van der Waals surface area contributed by atoms with Crippen molar-refractivity contribution in [2.24, 2.45) is 0 Å². The molecule has 1 aromatic carbocycles. The van der Waals surface area contributed by atoms with Gasteiger partial charge in [0.25, 0.3) is 0 Å². The predicted molar refractivity (Wildman–Crippen MR) is 160 cm³/mol. The fourth-order valence-corrected chi connectivity index (χ4v) is 5.77. The van der Waals surface area contributed by atoms with E-state index in [4.69, 9.17) is 9.47 Å². The van der Waals surface area contributed by atoms with Gasteiger partial charge in [-0.05, 0) is 64.0 Å². The quantitative estimate of drug-likeness (QED) is 0.435. The molecule has 12 nitrogen and oxygen atoms in total. The number of nitrogens with zero attached hydrogens (tertiary/aromatic N) is 2. The topological polar surface area (TPSA) is 155 Å². The first-order chi connectivity index (χ1) is 20.9. The van der Waals surface area contributed by atoms with E-state index in [-0.39, 0.29) is 19.4 Å². The number of amides is 4. The van der Waals surface area contributed by atoms with Crippen molar-refractivity contribution in [3.8, 4) is 0 Å². The van der Waals surface area contributed by atoms with Crippen molar-refractivity contribution in [1.29, 1.82) is 0 Å². The normalized spacial score (nSPS) is 25.1. The fourth-order valence-electron chi connectivity index (χ4n) is 5.77. The van der Waals surface area contributed by atoms with Crippen LogP contribution in [0, 0.1) is 0 Å². The van der Waals surface area contributed by atoms with Crippen molar-refractivity contribution in [3.05, 3.63) is 47.5 Å². The highest BCUT2D eigenvalue weighted by atomic mass is 16.6. The predicted octanol–water partition coefficient (Wildman–Crippen LogP) is 3.87. The van der Waals surface area contributed by atoms with Crippen LogP contribution in [0.1, 0.15) is 83.3 Å². The maximum absolute atomic E-state index is 14.0. The number of alkyl carbamates (subject to hydrolysis) is 1. The van der Waals surface area contributed by atoms with Gasteiger partial charge in [-0.2, -0.15) is 0 Å². The van der Waals surface area contributed by atoms with Crippen molar-refractivity contribution >= 4 is 30.0 Å². The molecule has 3 aliphatic heterocycles. The number of allylic oxidation sites excluding steroid dienone is 2. The summed E-state index contributed by atoms with van der Waals surface area (Å²) in [6.07, 6.45) is 5.90. The molecule has 0 aromatic heterocycles. The van der Waals surface area contributed by atoms with E-state index in [9.17, 15) is 29.1 Å². The highest BCUT2D eigenvalue weighted by Gasteiger charge is 2.45. The zero-order valence-electron chi connectivity index (χ0n) is 25.8. The van der Waals surface area contributed by atoms with E-state index in [1.165, 1.54) is 4.90 Å². The SMILES string of the molecule is CC(C)(C)OC(=O)N[C@H]1CCCCCC=CCC[C@H](C(=O)O)NC(=O)[C@@H]2C[C@@H](OC(=O)N3Cc4ccccc4C3)CN2C1=O. The van der Waals surface area contributed by atoms with Gasteiger partial charge < -0.3 is 30.1 Å². The van der Waals surface area contributed by atoms with E-state index < -0.39 is 59.8 Å². The van der Waals surface area contributed by atoms with Crippen LogP contribution in [0.25, 0.3) is 0 Å². The highest BCUT2D eigenvalue weighted by Crippen LogP contribution is 2.27. The molecule has 0 saturated carbocycles. The summed E-state index contributed by atoms with van der Waals surface area (Å²) in [4.78, 5) is 68.3. The molecule has 4 atom stereocenters. The monoisotopic (exact) mass is 612 g/mol. The van der Waals surface area contributed by atoms with Crippen molar-refractivity contribution in [2.75, 3.05) is 6.54 Å². The van der Waals surface area contributed by atoms with Crippen LogP contribution in [-0.2, 0) is 36.9 Å². The van der Waals surface area contributed by atoms with Crippen molar-refractivity contribution in [2.45, 2.75) is 115 Å². The Morgan fingerprint density at radius 3 is 2.32 bits per heavy atom. The third kappa shape index (κ3) is 8.96. The van der Waals surface area contributed by atoms with Crippen molar-refractivity contribution in [3.63, 3.8) is 0 Å². The number of rotatable bonds is 3. The summed E-state index contributed by atoms with van der Waals surface area (Å²) in [5.41, 5.74) is 1.27. The van der Waals surface area contributed by atoms with Crippen LogP contribution in [0.3, 0.4) is 0 Å². The van der Waals surface area contributed by atoms with E-state index in [1.807, 2.05) is 36.4 Å². The number of carbonyl (C=O) groups is 5. The Kier molecular flexibility index (Phi) is 10.9. The van der Waals surface area contributed by atoms with Crippen LogP contribution in [0.15, 0.2) is 36.4 Å². The number of aliphatic carboxylic acids is 1. The van der Waals surface area contributed by atoms with Gasteiger partial charge in [0.2, 0.25) is 11.8 Å². The molecule has 4 rings (SSSR count). The number of hydrogen-bond donors (Lipinski definition) is 3. The largest absolute Gasteiger partial charge is 0.480 e. The maximum Gasteiger partial charge on any atom is 0.410 e. The zero-order chi connectivity index (χ0) is 31.9. The molecule has 0 aliphatic carbocycles. The Morgan fingerprint density at radius 2 is 1.66 bits per heavy atom. The van der Waals surface area contributed by atoms with Crippen LogP contribution >= 0.6 is 0 Å². The zero-order valence-corrected chi connectivity index (χ0v) is 25.8. The first kappa shape index (κ1) is 32.8. The number of carbonyl (C=O) groups excluding carboxylic acids is 4. The Hall–Kier alpha value is -4.09. The molecule has 0 radical (unpaired) electrons. The van der Waals surface area contributed by atoms with Gasteiger partial charge in [0.05, 0.1) is 6.54 Å². The average molecular weight is 613 g/mol. The molecule has 3 heterocycles. The van der Waals surface area contributed by atoms with Crippen molar-refractivity contribution < 1.29 is 38.6 Å². The van der Waals surface area contributed by atoms with E-state index in [2.05, 4.69) is 10.6 Å². The molecular formula is C32H44N4O8. The Labute approximate surface area is 258 Å². The minimum atomic E-state index is -1.18. The summed E-state index contributed by atoms with van der Waals surface area (Å²) in [6.45, 7) is 5.88. The number of carboxylic acids is 1. The van der Waals surface area contributed by atoms with Gasteiger partial charge in [-0.1, -0.05) is 49.3 Å². The number of carboxylic acid groups (broad SMARTS) is 1. The second kappa shape index (κ2) is 14.6. The summed E-state index contributed by atoms with van der Waals surface area (Å²) >= 11 is 0. The molecular weight excluding hydrogens is 568 g/mol. The highest BCUT2D eigenvalue weighted by molar-refractivity contribution is 5.93.